The summed E-state index contributed by atoms with van der Waals surface area (Å²) in [7, 11) is 0. The summed E-state index contributed by atoms with van der Waals surface area (Å²) in [5, 5.41) is 3.83. The number of hydrogen-bond acceptors (Lipinski definition) is 6. The Morgan fingerprint density at radius 3 is 2.85 bits per heavy atom. The number of nitrogens with zero attached hydrogens (tertiary/aromatic N) is 3. The molecular formula is C20H22N4O2S. The average Bonchev–Trinajstić information content (AvgIpc) is 3.16. The largest absolute Gasteiger partial charge is 0.423 e. The van der Waals surface area contributed by atoms with Crippen LogP contribution in [-0.2, 0) is 0 Å². The van der Waals surface area contributed by atoms with Gasteiger partial charge in [-0.25, -0.2) is 4.98 Å². The van der Waals surface area contributed by atoms with E-state index in [9.17, 15) is 4.79 Å². The Labute approximate surface area is 162 Å². The molecule has 1 amide bonds. The van der Waals surface area contributed by atoms with Crippen molar-refractivity contribution in [1.82, 2.24) is 15.3 Å². The molecule has 7 heteroatoms. The lowest BCUT2D eigenvalue weighted by Gasteiger charge is -2.30. The zero-order valence-corrected chi connectivity index (χ0v) is 16.0. The maximum absolute atomic E-state index is 12.5. The fraction of sp³-hybridized carbons (Fsp3) is 0.350. The number of oxazole rings is 1. The van der Waals surface area contributed by atoms with Gasteiger partial charge in [-0.05, 0) is 49.3 Å². The van der Waals surface area contributed by atoms with Gasteiger partial charge in [-0.3, -0.25) is 4.79 Å². The molecule has 0 aliphatic carbocycles. The first kappa shape index (κ1) is 17.9. The Bertz CT molecular complexity index is 901. The van der Waals surface area contributed by atoms with E-state index in [1.807, 2.05) is 36.6 Å². The van der Waals surface area contributed by atoms with E-state index in [0.717, 1.165) is 42.1 Å². The summed E-state index contributed by atoms with van der Waals surface area (Å²) in [6, 6.07) is 12.1. The first-order valence-corrected chi connectivity index (χ1v) is 10.3. The highest BCUT2D eigenvalue weighted by Crippen LogP contribution is 2.26. The van der Waals surface area contributed by atoms with Gasteiger partial charge in [0.2, 0.25) is 0 Å². The first-order valence-electron chi connectivity index (χ1n) is 9.12. The number of piperidine rings is 1. The number of benzene rings is 1. The maximum atomic E-state index is 12.5. The van der Waals surface area contributed by atoms with Crippen LogP contribution in [0, 0.1) is 5.92 Å². The second kappa shape index (κ2) is 8.00. The molecule has 1 saturated heterocycles. The van der Waals surface area contributed by atoms with Crippen LogP contribution < -0.4 is 10.2 Å². The van der Waals surface area contributed by atoms with Crippen molar-refractivity contribution in [2.75, 3.05) is 30.8 Å². The first-order chi connectivity index (χ1) is 13.2. The molecule has 1 fully saturated rings. The van der Waals surface area contributed by atoms with E-state index < -0.39 is 0 Å². The molecule has 0 spiro atoms. The van der Waals surface area contributed by atoms with E-state index in [0.29, 0.717) is 24.0 Å². The minimum absolute atomic E-state index is 0.0474. The van der Waals surface area contributed by atoms with E-state index >= 15 is 0 Å². The van der Waals surface area contributed by atoms with Gasteiger partial charge in [-0.15, -0.1) is 11.8 Å². The molecule has 0 radical (unpaired) electrons. The van der Waals surface area contributed by atoms with Crippen molar-refractivity contribution < 1.29 is 9.21 Å². The number of rotatable bonds is 5. The van der Waals surface area contributed by atoms with Crippen LogP contribution in [0.4, 0.5) is 6.01 Å². The predicted octanol–water partition coefficient (Wildman–Crippen LogP) is 3.59. The average molecular weight is 382 g/mol. The lowest BCUT2D eigenvalue weighted by Crippen LogP contribution is -2.39. The monoisotopic (exact) mass is 382 g/mol. The number of para-hydroxylation sites is 2. The van der Waals surface area contributed by atoms with Crippen LogP contribution in [0.1, 0.15) is 23.2 Å². The van der Waals surface area contributed by atoms with Gasteiger partial charge >= 0.3 is 0 Å². The zero-order valence-electron chi connectivity index (χ0n) is 15.2. The summed E-state index contributed by atoms with van der Waals surface area (Å²) < 4.78 is 5.86. The normalized spacial score (nSPS) is 15.2. The molecule has 6 nitrogen and oxygen atoms in total. The number of nitrogens with one attached hydrogen (secondary N) is 1. The minimum atomic E-state index is -0.0474. The Hall–Kier alpha value is -2.54. The molecule has 140 valence electrons. The molecule has 3 aromatic rings. The van der Waals surface area contributed by atoms with Crippen LogP contribution in [-0.4, -0.2) is 41.8 Å². The number of hydrogen-bond donors (Lipinski definition) is 1. The van der Waals surface area contributed by atoms with Gasteiger partial charge in [-0.2, -0.15) is 4.98 Å². The second-order valence-corrected chi connectivity index (χ2v) is 7.46. The summed E-state index contributed by atoms with van der Waals surface area (Å²) in [5.74, 6) is 0.415. The molecule has 1 aliphatic rings. The summed E-state index contributed by atoms with van der Waals surface area (Å²) >= 11 is 1.49. The number of aromatic nitrogens is 2. The van der Waals surface area contributed by atoms with Crippen molar-refractivity contribution in [3.8, 4) is 0 Å². The molecule has 4 rings (SSSR count). The lowest BCUT2D eigenvalue weighted by molar-refractivity contribution is 0.0941. The van der Waals surface area contributed by atoms with E-state index in [1.165, 1.54) is 11.8 Å². The fourth-order valence-electron chi connectivity index (χ4n) is 3.38. The maximum Gasteiger partial charge on any atom is 0.298 e. The molecular weight excluding hydrogens is 360 g/mol. The summed E-state index contributed by atoms with van der Waals surface area (Å²) in [6.45, 7) is 2.45. The SMILES string of the molecule is CSc1ncccc1C(=O)NCC1CCN(c2nc3ccccc3o2)CC1. The van der Waals surface area contributed by atoms with Crippen molar-refractivity contribution in [2.45, 2.75) is 17.9 Å². The Morgan fingerprint density at radius 1 is 1.26 bits per heavy atom. The fourth-order valence-corrected chi connectivity index (χ4v) is 3.93. The molecule has 1 aromatic carbocycles. The third kappa shape index (κ3) is 3.93. The molecule has 0 bridgehead atoms. The quantitative estimate of drug-likeness (QED) is 0.680. The van der Waals surface area contributed by atoms with Crippen LogP contribution in [0.25, 0.3) is 11.1 Å². The number of carbonyl (C=O) groups is 1. The van der Waals surface area contributed by atoms with Crippen LogP contribution >= 0.6 is 11.8 Å². The Morgan fingerprint density at radius 2 is 2.07 bits per heavy atom. The van der Waals surface area contributed by atoms with Gasteiger partial charge in [0.25, 0.3) is 11.9 Å². The molecule has 3 heterocycles. The van der Waals surface area contributed by atoms with Crippen LogP contribution in [0.3, 0.4) is 0 Å². The highest BCUT2D eigenvalue weighted by Gasteiger charge is 2.23. The van der Waals surface area contributed by atoms with Crippen molar-refractivity contribution in [3.05, 3.63) is 48.2 Å². The van der Waals surface area contributed by atoms with Crippen molar-refractivity contribution in [3.63, 3.8) is 0 Å². The molecule has 0 saturated carbocycles. The lowest BCUT2D eigenvalue weighted by atomic mass is 9.97. The van der Waals surface area contributed by atoms with Crippen molar-refractivity contribution in [2.24, 2.45) is 5.92 Å². The highest BCUT2D eigenvalue weighted by atomic mass is 32.2. The molecule has 1 N–H and O–H groups in total. The van der Waals surface area contributed by atoms with Crippen LogP contribution in [0.15, 0.2) is 52.0 Å². The topological polar surface area (TPSA) is 71.3 Å². The van der Waals surface area contributed by atoms with E-state index in [-0.39, 0.29) is 5.91 Å². The van der Waals surface area contributed by atoms with Gasteiger partial charge in [0.15, 0.2) is 5.58 Å². The number of fused-ring (bicyclic) bond motifs is 1. The van der Waals surface area contributed by atoms with Gasteiger partial charge in [0.05, 0.1) is 5.56 Å². The highest BCUT2D eigenvalue weighted by molar-refractivity contribution is 7.98. The summed E-state index contributed by atoms with van der Waals surface area (Å²) in [4.78, 5) is 23.5. The van der Waals surface area contributed by atoms with E-state index in [4.69, 9.17) is 4.42 Å². The van der Waals surface area contributed by atoms with Crippen molar-refractivity contribution >= 4 is 34.8 Å². The molecule has 27 heavy (non-hydrogen) atoms. The van der Waals surface area contributed by atoms with Gasteiger partial charge < -0.3 is 14.6 Å². The second-order valence-electron chi connectivity index (χ2n) is 6.66. The van der Waals surface area contributed by atoms with Gasteiger partial charge in [-0.1, -0.05) is 12.1 Å². The zero-order chi connectivity index (χ0) is 18.6. The van der Waals surface area contributed by atoms with Crippen LogP contribution in [0.5, 0.6) is 0 Å². The van der Waals surface area contributed by atoms with E-state index in [1.54, 1.807) is 12.3 Å². The summed E-state index contributed by atoms with van der Waals surface area (Å²) in [5.41, 5.74) is 2.36. The number of pyridine rings is 1. The van der Waals surface area contributed by atoms with Crippen molar-refractivity contribution in [1.29, 1.82) is 0 Å². The number of amides is 1. The number of anilines is 1. The number of thioether (sulfide) groups is 1. The summed E-state index contributed by atoms with van der Waals surface area (Å²) in [6.07, 6.45) is 5.65. The molecule has 0 unspecified atom stereocenters. The Balaban J connectivity index is 1.31. The standard InChI is InChI=1S/C20H22N4O2S/c1-27-19-15(5-4-10-21-19)18(25)22-13-14-8-11-24(12-9-14)20-23-16-6-2-3-7-17(16)26-20/h2-7,10,14H,8-9,11-13H2,1H3,(H,22,25). The molecule has 2 aromatic heterocycles. The van der Waals surface area contributed by atoms with E-state index in [2.05, 4.69) is 20.2 Å². The Kier molecular flexibility index (Phi) is 5.29. The van der Waals surface area contributed by atoms with Gasteiger partial charge in [0.1, 0.15) is 10.5 Å². The molecule has 1 aliphatic heterocycles. The third-order valence-corrected chi connectivity index (χ3v) is 5.64. The third-order valence-electron chi connectivity index (χ3n) is 4.93. The minimum Gasteiger partial charge on any atom is -0.423 e. The van der Waals surface area contributed by atoms with Gasteiger partial charge in [0, 0.05) is 25.8 Å². The molecule has 0 atom stereocenters. The smallest absolute Gasteiger partial charge is 0.298 e. The van der Waals surface area contributed by atoms with Crippen LogP contribution in [0.2, 0.25) is 0 Å². The number of carbonyl (C=O) groups excluding carboxylic acids is 1. The predicted molar refractivity (Wildman–Crippen MR) is 107 cm³/mol.